The minimum atomic E-state index is -0.452. The van der Waals surface area contributed by atoms with Crippen molar-refractivity contribution >= 4 is 22.4 Å². The summed E-state index contributed by atoms with van der Waals surface area (Å²) in [5.41, 5.74) is 2.56. The van der Waals surface area contributed by atoms with E-state index in [0.717, 1.165) is 16.5 Å². The Hall–Kier alpha value is -4.66. The van der Waals surface area contributed by atoms with Crippen molar-refractivity contribution in [3.05, 3.63) is 82.0 Å². The lowest BCUT2D eigenvalue weighted by atomic mass is 9.98. The first-order valence-corrected chi connectivity index (χ1v) is 10.5. The van der Waals surface area contributed by atoms with Gasteiger partial charge in [-0.05, 0) is 54.1 Å². The third-order valence-electron chi connectivity index (χ3n) is 5.58. The quantitative estimate of drug-likeness (QED) is 0.198. The van der Waals surface area contributed by atoms with E-state index in [4.69, 9.17) is 18.9 Å². The fraction of sp³-hybridized carbons (Fsp3) is 0.154. The molecule has 0 atom stereocenters. The number of carbonyl (C=O) groups is 1. The molecule has 0 N–H and O–H groups in total. The van der Waals surface area contributed by atoms with Gasteiger partial charge in [0.05, 0.1) is 38.9 Å². The number of carbonyl (C=O) groups excluding carboxylic acids is 1. The Kier molecular flexibility index (Phi) is 6.50. The number of methoxy groups -OCH3 is 4. The van der Waals surface area contributed by atoms with E-state index < -0.39 is 4.92 Å². The second-order valence-corrected chi connectivity index (χ2v) is 7.45. The molecule has 0 aliphatic carbocycles. The largest absolute Gasteiger partial charge is 0.496 e. The third kappa shape index (κ3) is 4.31. The van der Waals surface area contributed by atoms with Gasteiger partial charge in [-0.15, -0.1) is 0 Å². The minimum Gasteiger partial charge on any atom is -0.496 e. The number of rotatable bonds is 8. The predicted molar refractivity (Wildman–Crippen MR) is 130 cm³/mol. The van der Waals surface area contributed by atoms with Crippen LogP contribution in [-0.4, -0.2) is 44.1 Å². The Morgan fingerprint density at radius 3 is 1.97 bits per heavy atom. The van der Waals surface area contributed by atoms with Crippen LogP contribution in [0.25, 0.3) is 22.0 Å². The van der Waals surface area contributed by atoms with E-state index in [9.17, 15) is 14.9 Å². The Balaban J connectivity index is 1.81. The molecule has 0 saturated heterocycles. The van der Waals surface area contributed by atoms with Crippen LogP contribution in [0.1, 0.15) is 16.1 Å². The molecule has 4 aromatic rings. The molecule has 9 heteroatoms. The van der Waals surface area contributed by atoms with Gasteiger partial charge in [-0.2, -0.15) is 0 Å². The summed E-state index contributed by atoms with van der Waals surface area (Å²) in [6, 6.07) is 16.3. The van der Waals surface area contributed by atoms with Crippen LogP contribution >= 0.6 is 0 Å². The van der Waals surface area contributed by atoms with Crippen molar-refractivity contribution in [2.75, 3.05) is 28.4 Å². The summed E-state index contributed by atoms with van der Waals surface area (Å²) in [4.78, 5) is 28.5. The Bertz CT molecular complexity index is 1410. The van der Waals surface area contributed by atoms with Gasteiger partial charge in [-0.1, -0.05) is 0 Å². The molecule has 0 radical (unpaired) electrons. The number of pyridine rings is 1. The van der Waals surface area contributed by atoms with Crippen molar-refractivity contribution in [2.45, 2.75) is 0 Å². The molecule has 35 heavy (non-hydrogen) atoms. The lowest BCUT2D eigenvalue weighted by Crippen LogP contribution is -2.06. The van der Waals surface area contributed by atoms with E-state index in [2.05, 4.69) is 4.98 Å². The van der Waals surface area contributed by atoms with E-state index in [1.165, 1.54) is 33.5 Å². The lowest BCUT2D eigenvalue weighted by Gasteiger charge is -2.14. The molecule has 4 rings (SSSR count). The number of nitro benzene ring substituents is 1. The van der Waals surface area contributed by atoms with Crippen LogP contribution in [0.5, 0.6) is 23.0 Å². The van der Waals surface area contributed by atoms with E-state index in [1.807, 2.05) is 0 Å². The molecule has 1 aromatic heterocycles. The average molecular weight is 474 g/mol. The summed E-state index contributed by atoms with van der Waals surface area (Å²) in [6.45, 7) is 0. The zero-order chi connectivity index (χ0) is 25.1. The first-order valence-electron chi connectivity index (χ1n) is 10.5. The first kappa shape index (κ1) is 23.5. The predicted octanol–water partition coefficient (Wildman–Crippen LogP) is 5.08. The molecule has 0 saturated carbocycles. The Morgan fingerprint density at radius 2 is 1.43 bits per heavy atom. The van der Waals surface area contributed by atoms with Gasteiger partial charge in [0.25, 0.3) is 5.69 Å². The fourth-order valence-corrected chi connectivity index (χ4v) is 3.89. The van der Waals surface area contributed by atoms with Crippen LogP contribution < -0.4 is 18.9 Å². The number of non-ortho nitro benzene ring substituents is 1. The number of hydrogen-bond donors (Lipinski definition) is 0. The zero-order valence-corrected chi connectivity index (χ0v) is 19.5. The molecule has 9 nitrogen and oxygen atoms in total. The highest BCUT2D eigenvalue weighted by Gasteiger charge is 2.20. The van der Waals surface area contributed by atoms with Crippen LogP contribution in [0.2, 0.25) is 0 Å². The van der Waals surface area contributed by atoms with Crippen molar-refractivity contribution < 1.29 is 28.7 Å². The van der Waals surface area contributed by atoms with Gasteiger partial charge in [0.2, 0.25) is 11.5 Å². The zero-order valence-electron chi connectivity index (χ0n) is 19.5. The van der Waals surface area contributed by atoms with Crippen LogP contribution in [0, 0.1) is 10.1 Å². The summed E-state index contributed by atoms with van der Waals surface area (Å²) >= 11 is 0. The maximum atomic E-state index is 13.3. The first-order chi connectivity index (χ1) is 16.9. The second-order valence-electron chi connectivity index (χ2n) is 7.45. The summed E-state index contributed by atoms with van der Waals surface area (Å²) in [6.07, 6.45) is 0. The SMILES string of the molecule is COc1cc(C(=O)c2ccc3c(-c4ccc([N+](=O)[O-])cc4)c(OC)ccc3n2)cc(OC)c1OC. The minimum absolute atomic E-state index is 0.00990. The summed E-state index contributed by atoms with van der Waals surface area (Å²) in [5, 5.41) is 11.8. The van der Waals surface area contributed by atoms with Gasteiger partial charge in [0, 0.05) is 28.6 Å². The second kappa shape index (κ2) is 9.68. The molecular formula is C26H22N2O7. The number of ether oxygens (including phenoxy) is 4. The molecule has 178 valence electrons. The monoisotopic (exact) mass is 474 g/mol. The van der Waals surface area contributed by atoms with Crippen LogP contribution in [-0.2, 0) is 0 Å². The average Bonchev–Trinajstić information content (AvgIpc) is 2.90. The van der Waals surface area contributed by atoms with Crippen LogP contribution in [0.3, 0.4) is 0 Å². The van der Waals surface area contributed by atoms with Gasteiger partial charge in [-0.3, -0.25) is 14.9 Å². The molecule has 0 fully saturated rings. The van der Waals surface area contributed by atoms with Crippen LogP contribution in [0.4, 0.5) is 5.69 Å². The van der Waals surface area contributed by atoms with Crippen molar-refractivity contribution in [3.63, 3.8) is 0 Å². The highest BCUT2D eigenvalue weighted by molar-refractivity contribution is 6.10. The number of aromatic nitrogens is 1. The van der Waals surface area contributed by atoms with Gasteiger partial charge in [0.1, 0.15) is 11.4 Å². The van der Waals surface area contributed by atoms with Gasteiger partial charge in [0.15, 0.2) is 11.5 Å². The molecule has 0 aliphatic heterocycles. The Labute approximate surface area is 201 Å². The van der Waals surface area contributed by atoms with Crippen molar-refractivity contribution in [1.82, 2.24) is 4.98 Å². The van der Waals surface area contributed by atoms with Crippen molar-refractivity contribution in [1.29, 1.82) is 0 Å². The molecule has 0 unspecified atom stereocenters. The van der Waals surface area contributed by atoms with Gasteiger partial charge < -0.3 is 18.9 Å². The van der Waals surface area contributed by atoms with E-state index in [1.54, 1.807) is 55.6 Å². The number of benzene rings is 3. The lowest BCUT2D eigenvalue weighted by molar-refractivity contribution is -0.384. The summed E-state index contributed by atoms with van der Waals surface area (Å²) < 4.78 is 21.6. The summed E-state index contributed by atoms with van der Waals surface area (Å²) in [7, 11) is 6.00. The normalized spacial score (nSPS) is 10.6. The summed E-state index contributed by atoms with van der Waals surface area (Å²) in [5.74, 6) is 1.37. The third-order valence-corrected chi connectivity index (χ3v) is 5.58. The maximum Gasteiger partial charge on any atom is 0.269 e. The number of ketones is 1. The van der Waals surface area contributed by atoms with Crippen molar-refractivity contribution in [3.8, 4) is 34.1 Å². The van der Waals surface area contributed by atoms with E-state index in [0.29, 0.717) is 34.1 Å². The number of hydrogen-bond acceptors (Lipinski definition) is 8. The number of nitro groups is 1. The van der Waals surface area contributed by atoms with Gasteiger partial charge >= 0.3 is 0 Å². The molecular weight excluding hydrogens is 452 g/mol. The van der Waals surface area contributed by atoms with E-state index in [-0.39, 0.29) is 17.2 Å². The maximum absolute atomic E-state index is 13.3. The molecule has 1 heterocycles. The number of fused-ring (bicyclic) bond motifs is 1. The smallest absolute Gasteiger partial charge is 0.269 e. The molecule has 0 spiro atoms. The highest BCUT2D eigenvalue weighted by atomic mass is 16.6. The topological polar surface area (TPSA) is 110 Å². The molecule has 0 aliphatic rings. The number of nitrogens with zero attached hydrogens (tertiary/aromatic N) is 2. The highest BCUT2D eigenvalue weighted by Crippen LogP contribution is 2.40. The van der Waals surface area contributed by atoms with Crippen molar-refractivity contribution in [2.24, 2.45) is 0 Å². The fourth-order valence-electron chi connectivity index (χ4n) is 3.89. The van der Waals surface area contributed by atoms with Crippen LogP contribution in [0.15, 0.2) is 60.7 Å². The van der Waals surface area contributed by atoms with Gasteiger partial charge in [-0.25, -0.2) is 4.98 Å². The van der Waals surface area contributed by atoms with E-state index >= 15 is 0 Å². The Morgan fingerprint density at radius 1 is 0.800 bits per heavy atom. The molecule has 0 bridgehead atoms. The molecule has 0 amide bonds. The standard InChI is InChI=1S/C26H22N2O7/c1-32-21-12-11-19-18(24(21)15-5-7-17(8-6-15)28(30)31)9-10-20(27-19)25(29)16-13-22(33-2)26(35-4)23(14-16)34-3/h5-14H,1-4H3. The molecule has 3 aromatic carbocycles.